The van der Waals surface area contributed by atoms with Crippen LogP contribution in [0.4, 0.5) is 0 Å². The normalized spacial score (nSPS) is 20.8. The summed E-state index contributed by atoms with van der Waals surface area (Å²) in [5.41, 5.74) is 7.70. The molecule has 1 aliphatic rings. The van der Waals surface area contributed by atoms with Gasteiger partial charge in [-0.3, -0.25) is 4.90 Å². The molecule has 0 bridgehead atoms. The summed E-state index contributed by atoms with van der Waals surface area (Å²) in [5, 5.41) is 0. The third-order valence-corrected chi connectivity index (χ3v) is 4.48. The number of ether oxygens (including phenoxy) is 1. The summed E-state index contributed by atoms with van der Waals surface area (Å²) < 4.78 is 5.57. The number of methoxy groups -OCH3 is 1. The van der Waals surface area contributed by atoms with Crippen molar-refractivity contribution in [3.05, 3.63) is 29.8 Å². The summed E-state index contributed by atoms with van der Waals surface area (Å²) in [4.78, 5) is 4.94. The maximum absolute atomic E-state index is 6.48. The van der Waals surface area contributed by atoms with Crippen LogP contribution in [0.2, 0.25) is 0 Å². The van der Waals surface area contributed by atoms with Crippen molar-refractivity contribution in [2.75, 3.05) is 40.3 Å². The van der Waals surface area contributed by atoms with Gasteiger partial charge in [0.05, 0.1) is 13.2 Å². The van der Waals surface area contributed by atoms with Crippen molar-refractivity contribution in [3.8, 4) is 5.75 Å². The lowest BCUT2D eigenvalue weighted by molar-refractivity contribution is 0.171. The molecule has 4 nitrogen and oxygen atoms in total. The molecule has 1 fully saturated rings. The van der Waals surface area contributed by atoms with Gasteiger partial charge in [0.2, 0.25) is 0 Å². The van der Waals surface area contributed by atoms with Gasteiger partial charge in [0.25, 0.3) is 0 Å². The van der Waals surface area contributed by atoms with Crippen molar-refractivity contribution in [2.45, 2.75) is 31.8 Å². The molecular weight excluding hydrogens is 262 g/mol. The Morgan fingerprint density at radius 2 is 1.95 bits per heavy atom. The molecule has 2 atom stereocenters. The van der Waals surface area contributed by atoms with E-state index < -0.39 is 0 Å². The third-order valence-electron chi connectivity index (χ3n) is 4.48. The number of nitrogens with zero attached hydrogens (tertiary/aromatic N) is 2. The highest BCUT2D eigenvalue weighted by molar-refractivity contribution is 5.37. The van der Waals surface area contributed by atoms with Crippen LogP contribution in [0, 0.1) is 0 Å². The first kappa shape index (κ1) is 16.3. The second-order valence-corrected chi connectivity index (χ2v) is 5.95. The van der Waals surface area contributed by atoms with Crippen molar-refractivity contribution in [1.29, 1.82) is 0 Å². The Labute approximate surface area is 128 Å². The molecule has 1 heterocycles. The molecule has 2 N–H and O–H groups in total. The fourth-order valence-corrected chi connectivity index (χ4v) is 3.18. The molecule has 21 heavy (non-hydrogen) atoms. The highest BCUT2D eigenvalue weighted by Gasteiger charge is 2.29. The molecule has 0 aliphatic carbocycles. The molecule has 1 aromatic carbocycles. The van der Waals surface area contributed by atoms with Crippen LogP contribution in [0.3, 0.4) is 0 Å². The van der Waals surface area contributed by atoms with Gasteiger partial charge in [-0.05, 0) is 32.5 Å². The van der Waals surface area contributed by atoms with E-state index in [-0.39, 0.29) is 12.1 Å². The molecule has 0 amide bonds. The van der Waals surface area contributed by atoms with Crippen LogP contribution in [0.1, 0.15) is 31.4 Å². The Balaban J connectivity index is 2.29. The highest BCUT2D eigenvalue weighted by Crippen LogP contribution is 2.32. The fraction of sp³-hybridized carbons (Fsp3) is 0.647. The first-order valence-corrected chi connectivity index (χ1v) is 7.98. The Morgan fingerprint density at radius 1 is 1.19 bits per heavy atom. The molecule has 2 rings (SSSR count). The van der Waals surface area contributed by atoms with Gasteiger partial charge in [-0.15, -0.1) is 0 Å². The average molecular weight is 291 g/mol. The van der Waals surface area contributed by atoms with Crippen LogP contribution in [0.15, 0.2) is 24.3 Å². The quantitative estimate of drug-likeness (QED) is 0.902. The van der Waals surface area contributed by atoms with Gasteiger partial charge in [0.15, 0.2) is 0 Å². The van der Waals surface area contributed by atoms with E-state index in [9.17, 15) is 0 Å². The zero-order valence-electron chi connectivity index (χ0n) is 13.6. The second kappa shape index (κ2) is 7.78. The molecule has 0 saturated carbocycles. The zero-order chi connectivity index (χ0) is 15.2. The molecule has 118 valence electrons. The summed E-state index contributed by atoms with van der Waals surface area (Å²) in [5.74, 6) is 0.948. The van der Waals surface area contributed by atoms with Crippen LogP contribution < -0.4 is 10.5 Å². The number of likely N-dealkylation sites (N-methyl/N-ethyl adjacent to an activating group) is 1. The minimum Gasteiger partial charge on any atom is -0.496 e. The second-order valence-electron chi connectivity index (χ2n) is 5.95. The van der Waals surface area contributed by atoms with Gasteiger partial charge >= 0.3 is 0 Å². The molecule has 0 aromatic heterocycles. The molecule has 0 radical (unpaired) electrons. The molecule has 0 spiro atoms. The Morgan fingerprint density at radius 3 is 2.67 bits per heavy atom. The van der Waals surface area contributed by atoms with Crippen molar-refractivity contribution < 1.29 is 4.74 Å². The highest BCUT2D eigenvalue weighted by atomic mass is 16.5. The molecule has 2 unspecified atom stereocenters. The summed E-state index contributed by atoms with van der Waals surface area (Å²) in [6, 6.07) is 8.66. The third kappa shape index (κ3) is 3.96. The summed E-state index contributed by atoms with van der Waals surface area (Å²) in [6.07, 6.45) is 2.16. The van der Waals surface area contributed by atoms with E-state index >= 15 is 0 Å². The van der Waals surface area contributed by atoms with Crippen LogP contribution in [-0.2, 0) is 0 Å². The van der Waals surface area contributed by atoms with Gasteiger partial charge in [0, 0.05) is 31.2 Å². The Bertz CT molecular complexity index is 438. The number of hydrogen-bond donors (Lipinski definition) is 1. The summed E-state index contributed by atoms with van der Waals surface area (Å²) in [7, 11) is 3.94. The van der Waals surface area contributed by atoms with E-state index in [0.717, 1.165) is 38.3 Å². The first-order chi connectivity index (χ1) is 10.2. The number of para-hydroxylation sites is 1. The molecule has 1 aromatic rings. The number of hydrogen-bond acceptors (Lipinski definition) is 4. The number of benzene rings is 1. The van der Waals surface area contributed by atoms with E-state index in [1.165, 1.54) is 12.0 Å². The zero-order valence-corrected chi connectivity index (χ0v) is 13.6. The van der Waals surface area contributed by atoms with Crippen molar-refractivity contribution in [2.24, 2.45) is 5.73 Å². The van der Waals surface area contributed by atoms with E-state index in [1.807, 2.05) is 12.1 Å². The van der Waals surface area contributed by atoms with Crippen LogP contribution in [-0.4, -0.2) is 56.2 Å². The topological polar surface area (TPSA) is 41.7 Å². The van der Waals surface area contributed by atoms with Crippen molar-refractivity contribution in [1.82, 2.24) is 9.80 Å². The number of rotatable bonds is 5. The smallest absolute Gasteiger partial charge is 0.123 e. The van der Waals surface area contributed by atoms with Crippen molar-refractivity contribution >= 4 is 0 Å². The molecule has 4 heteroatoms. The lowest BCUT2D eigenvalue weighted by Crippen LogP contribution is -2.42. The molecular formula is C17H29N3O. The average Bonchev–Trinajstić information content (AvgIpc) is 2.73. The minimum absolute atomic E-state index is 0.129. The standard InChI is InChI=1S/C17H29N3O/c1-4-15(18)17(14-8-5-6-9-16(14)21-3)20-11-7-10-19(2)12-13-20/h5-6,8-9,15,17H,4,7,10-13,18H2,1-3H3. The maximum atomic E-state index is 6.48. The maximum Gasteiger partial charge on any atom is 0.123 e. The largest absolute Gasteiger partial charge is 0.496 e. The first-order valence-electron chi connectivity index (χ1n) is 7.98. The van der Waals surface area contributed by atoms with E-state index in [4.69, 9.17) is 10.5 Å². The van der Waals surface area contributed by atoms with Crippen LogP contribution in [0.25, 0.3) is 0 Å². The fourth-order valence-electron chi connectivity index (χ4n) is 3.18. The Kier molecular flexibility index (Phi) is 6.03. The van der Waals surface area contributed by atoms with E-state index in [2.05, 4.69) is 35.9 Å². The van der Waals surface area contributed by atoms with Gasteiger partial charge < -0.3 is 15.4 Å². The minimum atomic E-state index is 0.129. The molecule has 1 saturated heterocycles. The Hall–Kier alpha value is -1.10. The summed E-state index contributed by atoms with van der Waals surface area (Å²) in [6.45, 7) is 6.59. The monoisotopic (exact) mass is 291 g/mol. The van der Waals surface area contributed by atoms with Crippen LogP contribution >= 0.6 is 0 Å². The van der Waals surface area contributed by atoms with Crippen molar-refractivity contribution in [3.63, 3.8) is 0 Å². The van der Waals surface area contributed by atoms with Gasteiger partial charge in [-0.2, -0.15) is 0 Å². The van der Waals surface area contributed by atoms with E-state index in [0.29, 0.717) is 0 Å². The number of nitrogens with two attached hydrogens (primary N) is 1. The van der Waals surface area contributed by atoms with Gasteiger partial charge in [0.1, 0.15) is 5.75 Å². The predicted molar refractivity (Wildman–Crippen MR) is 87.7 cm³/mol. The van der Waals surface area contributed by atoms with Crippen LogP contribution in [0.5, 0.6) is 5.75 Å². The summed E-state index contributed by atoms with van der Waals surface area (Å²) >= 11 is 0. The SMILES string of the molecule is CCC(N)C(c1ccccc1OC)N1CCCN(C)CC1. The van der Waals surface area contributed by atoms with Gasteiger partial charge in [-0.1, -0.05) is 25.1 Å². The predicted octanol–water partition coefficient (Wildman–Crippen LogP) is 2.11. The lowest BCUT2D eigenvalue weighted by Gasteiger charge is -2.35. The van der Waals surface area contributed by atoms with E-state index in [1.54, 1.807) is 7.11 Å². The molecule has 1 aliphatic heterocycles. The van der Waals surface area contributed by atoms with Gasteiger partial charge in [-0.25, -0.2) is 0 Å². The lowest BCUT2D eigenvalue weighted by atomic mass is 9.95.